The lowest BCUT2D eigenvalue weighted by atomic mass is 9.91. The number of Topliss-reactive ketones (excluding diaryl/α,β-unsaturated/α-hetero) is 1. The largest absolute Gasteiger partial charge is 0.294 e. The second-order valence-corrected chi connectivity index (χ2v) is 5.54. The van der Waals surface area contributed by atoms with E-state index in [1.165, 1.54) is 18.9 Å². The average Bonchev–Trinajstić information content (AvgIpc) is 2.60. The monoisotopic (exact) mass is 298 g/mol. The summed E-state index contributed by atoms with van der Waals surface area (Å²) in [6, 6.07) is 4.55. The second-order valence-electron chi connectivity index (χ2n) is 4.68. The fourth-order valence-corrected chi connectivity index (χ4v) is 2.81. The first-order valence-electron chi connectivity index (χ1n) is 6.18. The van der Waals surface area contributed by atoms with Gasteiger partial charge < -0.3 is 0 Å². The van der Waals surface area contributed by atoms with E-state index in [0.717, 1.165) is 25.7 Å². The van der Waals surface area contributed by atoms with Crippen LogP contribution in [-0.4, -0.2) is 5.78 Å². The summed E-state index contributed by atoms with van der Waals surface area (Å²) in [6.07, 6.45) is 6.70. The highest BCUT2D eigenvalue weighted by Gasteiger charge is 2.21. The van der Waals surface area contributed by atoms with E-state index in [2.05, 4.69) is 15.9 Å². The highest BCUT2D eigenvalue weighted by Crippen LogP contribution is 2.27. The summed E-state index contributed by atoms with van der Waals surface area (Å²) in [7, 11) is 0. The van der Waals surface area contributed by atoms with Crippen molar-refractivity contribution in [1.82, 2.24) is 0 Å². The fraction of sp³-hybridized carbons (Fsp3) is 0.500. The maximum absolute atomic E-state index is 13.1. The van der Waals surface area contributed by atoms with Crippen molar-refractivity contribution in [3.05, 3.63) is 34.1 Å². The van der Waals surface area contributed by atoms with Crippen LogP contribution in [-0.2, 0) is 0 Å². The first kappa shape index (κ1) is 12.7. The van der Waals surface area contributed by atoms with Gasteiger partial charge in [-0.05, 0) is 47.0 Å². The Bertz CT molecular complexity index is 409. The average molecular weight is 299 g/mol. The highest BCUT2D eigenvalue weighted by molar-refractivity contribution is 9.10. The molecule has 2 rings (SSSR count). The van der Waals surface area contributed by atoms with E-state index < -0.39 is 0 Å². The molecule has 1 saturated carbocycles. The number of carbonyl (C=O) groups excluding carboxylic acids is 1. The molecule has 0 saturated heterocycles. The Morgan fingerprint density at radius 2 is 1.82 bits per heavy atom. The molecule has 0 N–H and O–H groups in total. The number of rotatable bonds is 2. The van der Waals surface area contributed by atoms with Gasteiger partial charge >= 0.3 is 0 Å². The Hall–Kier alpha value is -0.700. The van der Waals surface area contributed by atoms with Crippen LogP contribution in [0.1, 0.15) is 48.9 Å². The number of hydrogen-bond acceptors (Lipinski definition) is 1. The lowest BCUT2D eigenvalue weighted by Crippen LogP contribution is -2.14. The maximum Gasteiger partial charge on any atom is 0.165 e. The molecule has 1 aromatic rings. The highest BCUT2D eigenvalue weighted by atomic mass is 79.9. The van der Waals surface area contributed by atoms with Crippen molar-refractivity contribution in [2.24, 2.45) is 5.92 Å². The molecule has 0 atom stereocenters. The smallest absolute Gasteiger partial charge is 0.165 e. The zero-order chi connectivity index (χ0) is 12.3. The summed E-state index contributed by atoms with van der Waals surface area (Å²) in [5, 5.41) is 0. The SMILES string of the molecule is O=C(c1ccc(F)c(Br)c1)C1CCCCCC1. The molecule has 1 aliphatic rings. The zero-order valence-electron chi connectivity index (χ0n) is 9.72. The van der Waals surface area contributed by atoms with Gasteiger partial charge in [0.1, 0.15) is 5.82 Å². The van der Waals surface area contributed by atoms with Gasteiger partial charge in [0, 0.05) is 11.5 Å². The molecule has 0 spiro atoms. The second kappa shape index (κ2) is 5.76. The molecular weight excluding hydrogens is 283 g/mol. The van der Waals surface area contributed by atoms with Crippen LogP contribution in [0.5, 0.6) is 0 Å². The van der Waals surface area contributed by atoms with Crippen molar-refractivity contribution in [3.8, 4) is 0 Å². The summed E-state index contributed by atoms with van der Waals surface area (Å²) < 4.78 is 13.5. The minimum absolute atomic E-state index is 0.134. The molecule has 0 aromatic heterocycles. The first-order valence-corrected chi connectivity index (χ1v) is 6.97. The number of ketones is 1. The standard InChI is InChI=1S/C14H16BrFO/c15-12-9-11(7-8-13(12)16)14(17)10-5-3-1-2-4-6-10/h7-10H,1-6H2. The number of benzene rings is 1. The predicted molar refractivity (Wildman–Crippen MR) is 69.6 cm³/mol. The molecule has 0 bridgehead atoms. The van der Waals surface area contributed by atoms with Crippen LogP contribution in [0.3, 0.4) is 0 Å². The Balaban J connectivity index is 2.14. The molecule has 1 aliphatic carbocycles. The maximum atomic E-state index is 13.1. The molecule has 92 valence electrons. The zero-order valence-corrected chi connectivity index (χ0v) is 11.3. The third-order valence-electron chi connectivity index (χ3n) is 3.43. The predicted octanol–water partition coefficient (Wildman–Crippen LogP) is 4.74. The summed E-state index contributed by atoms with van der Waals surface area (Å²) in [5.74, 6) is -0.00937. The molecule has 0 heterocycles. The first-order chi connectivity index (χ1) is 8.18. The van der Waals surface area contributed by atoms with Gasteiger partial charge in [0.05, 0.1) is 4.47 Å². The molecule has 17 heavy (non-hydrogen) atoms. The fourth-order valence-electron chi connectivity index (χ4n) is 2.43. The molecule has 0 radical (unpaired) electrons. The molecule has 1 aromatic carbocycles. The Morgan fingerprint density at radius 3 is 2.41 bits per heavy atom. The molecule has 1 fully saturated rings. The summed E-state index contributed by atoms with van der Waals surface area (Å²) in [6.45, 7) is 0. The Morgan fingerprint density at radius 1 is 1.18 bits per heavy atom. The van der Waals surface area contributed by atoms with Gasteiger partial charge in [0.2, 0.25) is 0 Å². The van der Waals surface area contributed by atoms with Crippen LogP contribution in [0.15, 0.2) is 22.7 Å². The molecule has 1 nitrogen and oxygen atoms in total. The minimum Gasteiger partial charge on any atom is -0.294 e. The minimum atomic E-state index is -0.317. The van der Waals surface area contributed by atoms with Crippen LogP contribution < -0.4 is 0 Å². The Kier molecular flexibility index (Phi) is 4.32. The van der Waals surface area contributed by atoms with Crippen molar-refractivity contribution in [1.29, 1.82) is 0 Å². The van der Waals surface area contributed by atoms with E-state index in [-0.39, 0.29) is 17.5 Å². The Labute approximate surface area is 110 Å². The number of carbonyl (C=O) groups is 1. The van der Waals surface area contributed by atoms with Gasteiger partial charge in [-0.3, -0.25) is 4.79 Å². The van der Waals surface area contributed by atoms with Crippen molar-refractivity contribution in [2.75, 3.05) is 0 Å². The van der Waals surface area contributed by atoms with Crippen LogP contribution in [0.4, 0.5) is 4.39 Å². The lowest BCUT2D eigenvalue weighted by Gasteiger charge is -2.12. The van der Waals surface area contributed by atoms with Gasteiger partial charge in [-0.15, -0.1) is 0 Å². The van der Waals surface area contributed by atoms with E-state index >= 15 is 0 Å². The van der Waals surface area contributed by atoms with Gasteiger partial charge in [-0.1, -0.05) is 25.7 Å². The summed E-state index contributed by atoms with van der Waals surface area (Å²) in [4.78, 5) is 12.3. The van der Waals surface area contributed by atoms with Crippen molar-refractivity contribution in [2.45, 2.75) is 38.5 Å². The van der Waals surface area contributed by atoms with E-state index in [1.807, 2.05) is 0 Å². The van der Waals surface area contributed by atoms with Gasteiger partial charge in [0.25, 0.3) is 0 Å². The van der Waals surface area contributed by atoms with Crippen LogP contribution >= 0.6 is 15.9 Å². The van der Waals surface area contributed by atoms with Crippen molar-refractivity contribution in [3.63, 3.8) is 0 Å². The number of halogens is 2. The van der Waals surface area contributed by atoms with Crippen molar-refractivity contribution < 1.29 is 9.18 Å². The summed E-state index contributed by atoms with van der Waals surface area (Å²) >= 11 is 3.13. The van der Waals surface area contributed by atoms with E-state index in [0.29, 0.717) is 10.0 Å². The van der Waals surface area contributed by atoms with Crippen molar-refractivity contribution >= 4 is 21.7 Å². The van der Waals surface area contributed by atoms with Crippen LogP contribution in [0, 0.1) is 11.7 Å². The number of hydrogen-bond donors (Lipinski definition) is 0. The summed E-state index contributed by atoms with van der Waals surface area (Å²) in [5.41, 5.74) is 0.630. The van der Waals surface area contributed by atoms with E-state index in [9.17, 15) is 9.18 Å². The normalized spacial score (nSPS) is 17.8. The molecule has 3 heteroatoms. The van der Waals surface area contributed by atoms with Gasteiger partial charge in [-0.2, -0.15) is 0 Å². The van der Waals surface area contributed by atoms with Crippen LogP contribution in [0.25, 0.3) is 0 Å². The third-order valence-corrected chi connectivity index (χ3v) is 4.04. The molecule has 0 amide bonds. The molecule has 0 unspecified atom stereocenters. The van der Waals surface area contributed by atoms with Crippen LogP contribution in [0.2, 0.25) is 0 Å². The topological polar surface area (TPSA) is 17.1 Å². The third kappa shape index (κ3) is 3.15. The lowest BCUT2D eigenvalue weighted by molar-refractivity contribution is 0.0908. The van der Waals surface area contributed by atoms with E-state index in [1.54, 1.807) is 12.1 Å². The quantitative estimate of drug-likeness (QED) is 0.569. The van der Waals surface area contributed by atoms with E-state index in [4.69, 9.17) is 0 Å². The van der Waals surface area contributed by atoms with Gasteiger partial charge in [-0.25, -0.2) is 4.39 Å². The molecule has 0 aliphatic heterocycles. The van der Waals surface area contributed by atoms with Gasteiger partial charge in [0.15, 0.2) is 5.78 Å². The molecular formula is C14H16BrFO.